The first-order valence-electron chi connectivity index (χ1n) is 12.5. The maximum absolute atomic E-state index is 11.1. The molecule has 0 heterocycles. The van der Waals surface area contributed by atoms with Gasteiger partial charge in [0, 0.05) is 6.42 Å². The zero-order chi connectivity index (χ0) is 20.1. The molecule has 28 heavy (non-hydrogen) atoms. The van der Waals surface area contributed by atoms with E-state index >= 15 is 0 Å². The first kappa shape index (κ1) is 20.7. The summed E-state index contributed by atoms with van der Waals surface area (Å²) in [6, 6.07) is 0. The second-order valence-corrected chi connectivity index (χ2v) is 11.8. The van der Waals surface area contributed by atoms with Gasteiger partial charge in [0.25, 0.3) is 0 Å². The summed E-state index contributed by atoms with van der Waals surface area (Å²) in [5.41, 5.74) is 1.07. The van der Waals surface area contributed by atoms with Gasteiger partial charge in [0.05, 0.1) is 0 Å². The highest BCUT2D eigenvalue weighted by atomic mass is 16.4. The third-order valence-corrected chi connectivity index (χ3v) is 10.9. The molecule has 0 aliphatic heterocycles. The number of hydrogen-bond acceptors (Lipinski definition) is 1. The molecule has 4 rings (SSSR count). The molecule has 0 bridgehead atoms. The number of fused-ring (bicyclic) bond motifs is 5. The second kappa shape index (κ2) is 7.62. The van der Waals surface area contributed by atoms with Crippen molar-refractivity contribution in [2.45, 2.75) is 105 Å². The van der Waals surface area contributed by atoms with Crippen molar-refractivity contribution in [2.75, 3.05) is 0 Å². The van der Waals surface area contributed by atoms with Crippen LogP contribution in [0.5, 0.6) is 0 Å². The molecule has 160 valence electrons. The number of rotatable bonds is 5. The summed E-state index contributed by atoms with van der Waals surface area (Å²) >= 11 is 0. The highest BCUT2D eigenvalue weighted by Gasteiger charge is 2.61. The molecule has 0 saturated heterocycles. The molecule has 2 nitrogen and oxygen atoms in total. The number of hydrogen-bond donors (Lipinski definition) is 1. The van der Waals surface area contributed by atoms with E-state index in [2.05, 4.69) is 27.7 Å². The van der Waals surface area contributed by atoms with Crippen LogP contribution in [0.25, 0.3) is 0 Å². The Balaban J connectivity index is 1.56. The number of aliphatic carboxylic acids is 1. The van der Waals surface area contributed by atoms with E-state index in [4.69, 9.17) is 5.11 Å². The lowest BCUT2D eigenvalue weighted by Gasteiger charge is -2.63. The van der Waals surface area contributed by atoms with Crippen molar-refractivity contribution >= 4 is 5.97 Å². The Morgan fingerprint density at radius 3 is 2.46 bits per heavy atom. The highest BCUT2D eigenvalue weighted by molar-refractivity contribution is 5.66. The summed E-state index contributed by atoms with van der Waals surface area (Å²) in [6.45, 7) is 10.1. The van der Waals surface area contributed by atoms with Gasteiger partial charge >= 0.3 is 5.97 Å². The van der Waals surface area contributed by atoms with Gasteiger partial charge in [-0.1, -0.05) is 47.0 Å². The molecular weight excluding hydrogens is 344 g/mol. The number of carbonyl (C=O) groups is 1. The van der Waals surface area contributed by atoms with Crippen LogP contribution in [-0.2, 0) is 4.79 Å². The Morgan fingerprint density at radius 1 is 1.00 bits per heavy atom. The molecule has 0 amide bonds. The van der Waals surface area contributed by atoms with Gasteiger partial charge in [-0.05, 0) is 104 Å². The largest absolute Gasteiger partial charge is 0.481 e. The number of carboxylic acids is 1. The fourth-order valence-corrected chi connectivity index (χ4v) is 9.55. The molecule has 0 spiro atoms. The first-order valence-corrected chi connectivity index (χ1v) is 12.5. The SMILES string of the molecule is CC[C@H]1CC2C3CCC([C@H](C)CCC(=O)O)[C@@]3(C)CCC2[C@@]2(C)CCCC[C@@H]12. The van der Waals surface area contributed by atoms with E-state index in [9.17, 15) is 4.79 Å². The lowest BCUT2D eigenvalue weighted by molar-refractivity contribution is -0.140. The molecule has 4 fully saturated rings. The van der Waals surface area contributed by atoms with Crippen LogP contribution in [0, 0.1) is 52.3 Å². The minimum atomic E-state index is -0.621. The van der Waals surface area contributed by atoms with E-state index in [1.54, 1.807) is 0 Å². The van der Waals surface area contributed by atoms with Crippen molar-refractivity contribution in [3.8, 4) is 0 Å². The standard InChI is InChI=1S/C26H44O2/c1-5-18-16-19-22-11-10-20(17(2)9-12-24(27)28)26(22,4)15-13-23(19)25(3)14-7-6-8-21(18)25/h17-23H,5-16H2,1-4H3,(H,27,28)/t17-,18+,19?,20?,21+,22?,23?,25+,26-/m1/s1. The van der Waals surface area contributed by atoms with Gasteiger partial charge in [-0.15, -0.1) is 0 Å². The van der Waals surface area contributed by atoms with Crippen LogP contribution in [0.1, 0.15) is 105 Å². The van der Waals surface area contributed by atoms with Gasteiger partial charge < -0.3 is 5.11 Å². The Kier molecular flexibility index (Phi) is 5.64. The summed E-state index contributed by atoms with van der Waals surface area (Å²) in [4.78, 5) is 11.1. The fourth-order valence-electron chi connectivity index (χ4n) is 9.55. The molecule has 0 aromatic heterocycles. The van der Waals surface area contributed by atoms with Crippen LogP contribution < -0.4 is 0 Å². The van der Waals surface area contributed by atoms with E-state index in [0.717, 1.165) is 41.9 Å². The predicted molar refractivity (Wildman–Crippen MR) is 115 cm³/mol. The second-order valence-electron chi connectivity index (χ2n) is 11.8. The van der Waals surface area contributed by atoms with Gasteiger partial charge in [0.15, 0.2) is 0 Å². The third-order valence-electron chi connectivity index (χ3n) is 10.9. The van der Waals surface area contributed by atoms with Crippen molar-refractivity contribution in [1.82, 2.24) is 0 Å². The zero-order valence-electron chi connectivity index (χ0n) is 18.9. The Morgan fingerprint density at radius 2 is 1.75 bits per heavy atom. The Hall–Kier alpha value is -0.530. The van der Waals surface area contributed by atoms with Crippen molar-refractivity contribution in [3.05, 3.63) is 0 Å². The molecule has 2 heteroatoms. The average molecular weight is 389 g/mol. The number of carboxylic acid groups (broad SMARTS) is 1. The van der Waals surface area contributed by atoms with Crippen LogP contribution in [-0.4, -0.2) is 11.1 Å². The summed E-state index contributed by atoms with van der Waals surface area (Å²) in [7, 11) is 0. The van der Waals surface area contributed by atoms with E-state index in [1.807, 2.05) is 0 Å². The first-order chi connectivity index (χ1) is 13.3. The minimum Gasteiger partial charge on any atom is -0.481 e. The normalized spacial score (nSPS) is 49.0. The lowest BCUT2D eigenvalue weighted by Crippen LogP contribution is -2.55. The predicted octanol–water partition coefficient (Wildman–Crippen LogP) is 7.17. The fraction of sp³-hybridized carbons (Fsp3) is 0.962. The molecule has 4 aliphatic carbocycles. The highest BCUT2D eigenvalue weighted by Crippen LogP contribution is 2.69. The maximum Gasteiger partial charge on any atom is 0.303 e. The molecule has 0 radical (unpaired) electrons. The van der Waals surface area contributed by atoms with Gasteiger partial charge in [0.1, 0.15) is 0 Å². The van der Waals surface area contributed by atoms with Crippen molar-refractivity contribution in [1.29, 1.82) is 0 Å². The van der Waals surface area contributed by atoms with Gasteiger partial charge in [-0.3, -0.25) is 4.79 Å². The third kappa shape index (κ3) is 3.16. The van der Waals surface area contributed by atoms with Crippen molar-refractivity contribution in [2.24, 2.45) is 52.3 Å². The average Bonchev–Trinajstić information content (AvgIpc) is 3.02. The van der Waals surface area contributed by atoms with Crippen LogP contribution in [0.15, 0.2) is 0 Å². The van der Waals surface area contributed by atoms with Crippen LogP contribution >= 0.6 is 0 Å². The monoisotopic (exact) mass is 388 g/mol. The molecule has 1 N–H and O–H groups in total. The van der Waals surface area contributed by atoms with Crippen LogP contribution in [0.3, 0.4) is 0 Å². The van der Waals surface area contributed by atoms with E-state index < -0.39 is 5.97 Å². The molecule has 4 unspecified atom stereocenters. The van der Waals surface area contributed by atoms with E-state index in [1.165, 1.54) is 64.2 Å². The molecule has 0 aromatic rings. The van der Waals surface area contributed by atoms with Gasteiger partial charge in [-0.25, -0.2) is 0 Å². The summed E-state index contributed by atoms with van der Waals surface area (Å²) in [5.74, 6) is 5.44. The van der Waals surface area contributed by atoms with Crippen molar-refractivity contribution in [3.63, 3.8) is 0 Å². The molecule has 9 atom stereocenters. The molecule has 4 saturated carbocycles. The van der Waals surface area contributed by atoms with Gasteiger partial charge in [-0.2, -0.15) is 0 Å². The Bertz CT molecular complexity index is 585. The van der Waals surface area contributed by atoms with Gasteiger partial charge in [0.2, 0.25) is 0 Å². The van der Waals surface area contributed by atoms with Crippen LogP contribution in [0.2, 0.25) is 0 Å². The Labute approximate surface area is 173 Å². The summed E-state index contributed by atoms with van der Waals surface area (Å²) in [6.07, 6.45) is 15.6. The van der Waals surface area contributed by atoms with E-state index in [-0.39, 0.29) is 0 Å². The summed E-state index contributed by atoms with van der Waals surface area (Å²) in [5, 5.41) is 9.15. The topological polar surface area (TPSA) is 37.3 Å². The minimum absolute atomic E-state index is 0.349. The lowest BCUT2D eigenvalue weighted by atomic mass is 9.42. The molecule has 4 aliphatic rings. The van der Waals surface area contributed by atoms with E-state index in [0.29, 0.717) is 23.2 Å². The van der Waals surface area contributed by atoms with Crippen LogP contribution in [0.4, 0.5) is 0 Å². The summed E-state index contributed by atoms with van der Waals surface area (Å²) < 4.78 is 0. The maximum atomic E-state index is 11.1. The molecular formula is C26H44O2. The smallest absolute Gasteiger partial charge is 0.303 e. The zero-order valence-corrected chi connectivity index (χ0v) is 18.9. The van der Waals surface area contributed by atoms with Crippen molar-refractivity contribution < 1.29 is 9.90 Å². The molecule has 0 aromatic carbocycles. The quantitative estimate of drug-likeness (QED) is 0.542.